The molecule has 130 valence electrons. The molecule has 0 spiro atoms. The van der Waals surface area contributed by atoms with E-state index in [1.165, 1.54) is 0 Å². The van der Waals surface area contributed by atoms with E-state index in [1.54, 1.807) is 7.11 Å². The van der Waals surface area contributed by atoms with Crippen molar-refractivity contribution in [2.45, 2.75) is 0 Å². The number of nitrogens with two attached hydrogens (primary N) is 2. The minimum absolute atomic E-state index is 0.0368. The molecule has 5 heteroatoms. The molecule has 5 nitrogen and oxygen atoms in total. The maximum absolute atomic E-state index is 7.63. The lowest BCUT2D eigenvalue weighted by Crippen LogP contribution is -2.10. The zero-order valence-corrected chi connectivity index (χ0v) is 14.4. The minimum atomic E-state index is 0.0368. The zero-order chi connectivity index (χ0) is 18.7. The van der Waals surface area contributed by atoms with Crippen molar-refractivity contribution in [2.24, 2.45) is 11.5 Å². The summed E-state index contributed by atoms with van der Waals surface area (Å²) in [6.07, 6.45) is 0. The van der Waals surface area contributed by atoms with Gasteiger partial charge in [-0.2, -0.15) is 0 Å². The van der Waals surface area contributed by atoms with Gasteiger partial charge in [0.25, 0.3) is 0 Å². The molecule has 26 heavy (non-hydrogen) atoms. The van der Waals surface area contributed by atoms with Crippen molar-refractivity contribution in [1.29, 1.82) is 10.8 Å². The van der Waals surface area contributed by atoms with Gasteiger partial charge in [-0.05, 0) is 46.5 Å². The summed E-state index contributed by atoms with van der Waals surface area (Å²) in [6, 6.07) is 21.0. The molecule has 0 atom stereocenters. The van der Waals surface area contributed by atoms with Crippen molar-refractivity contribution in [1.82, 2.24) is 0 Å². The molecule has 6 N–H and O–H groups in total. The molecule has 0 aliphatic heterocycles. The van der Waals surface area contributed by atoms with Crippen LogP contribution in [-0.4, -0.2) is 18.8 Å². The maximum Gasteiger partial charge on any atom is 0.122 e. The van der Waals surface area contributed by atoms with Gasteiger partial charge in [-0.1, -0.05) is 42.5 Å². The van der Waals surface area contributed by atoms with Gasteiger partial charge in [-0.3, -0.25) is 10.8 Å². The maximum atomic E-state index is 7.63. The van der Waals surface area contributed by atoms with Gasteiger partial charge in [0, 0.05) is 11.1 Å². The lowest BCUT2D eigenvalue weighted by molar-refractivity contribution is 0.415. The Morgan fingerprint density at radius 2 is 1.31 bits per heavy atom. The molecule has 0 fully saturated rings. The van der Waals surface area contributed by atoms with E-state index in [-0.39, 0.29) is 11.7 Å². The Balaban J connectivity index is 2.08. The summed E-state index contributed by atoms with van der Waals surface area (Å²) in [5, 5.41) is 15.1. The Morgan fingerprint density at radius 3 is 1.88 bits per heavy atom. The Bertz CT molecular complexity index is 978. The summed E-state index contributed by atoms with van der Waals surface area (Å²) in [5.74, 6) is 0.820. The highest BCUT2D eigenvalue weighted by Crippen LogP contribution is 2.32. The average Bonchev–Trinajstić information content (AvgIpc) is 2.67. The normalized spacial score (nSPS) is 10.3. The van der Waals surface area contributed by atoms with Gasteiger partial charge in [0.15, 0.2) is 0 Å². The lowest BCUT2D eigenvalue weighted by atomic mass is 9.96. The van der Waals surface area contributed by atoms with E-state index in [9.17, 15) is 0 Å². The fourth-order valence-electron chi connectivity index (χ4n) is 2.76. The highest BCUT2D eigenvalue weighted by atomic mass is 16.5. The van der Waals surface area contributed by atoms with Crippen molar-refractivity contribution < 1.29 is 4.74 Å². The summed E-state index contributed by atoms with van der Waals surface area (Å²) in [7, 11) is 1.63. The highest BCUT2D eigenvalue weighted by molar-refractivity contribution is 5.96. The number of hydrogen-bond donors (Lipinski definition) is 4. The van der Waals surface area contributed by atoms with Crippen LogP contribution in [-0.2, 0) is 0 Å². The van der Waals surface area contributed by atoms with Gasteiger partial charge >= 0.3 is 0 Å². The van der Waals surface area contributed by atoms with Crippen LogP contribution in [0.3, 0.4) is 0 Å². The molecule has 3 rings (SSSR count). The lowest BCUT2D eigenvalue weighted by Gasteiger charge is -2.11. The first kappa shape index (κ1) is 17.2. The van der Waals surface area contributed by atoms with Crippen LogP contribution in [0.2, 0.25) is 0 Å². The van der Waals surface area contributed by atoms with E-state index < -0.39 is 0 Å². The summed E-state index contributed by atoms with van der Waals surface area (Å²) in [4.78, 5) is 0. The van der Waals surface area contributed by atoms with Crippen molar-refractivity contribution >= 4 is 11.7 Å². The number of methoxy groups -OCH3 is 1. The second-order valence-electron chi connectivity index (χ2n) is 5.94. The molecule has 0 unspecified atom stereocenters. The fourth-order valence-corrected chi connectivity index (χ4v) is 2.76. The Hall–Kier alpha value is -3.60. The van der Waals surface area contributed by atoms with Crippen LogP contribution in [0.25, 0.3) is 22.3 Å². The molecule has 3 aromatic rings. The van der Waals surface area contributed by atoms with Crippen LogP contribution < -0.4 is 16.2 Å². The van der Waals surface area contributed by atoms with E-state index in [0.29, 0.717) is 11.1 Å². The zero-order valence-electron chi connectivity index (χ0n) is 14.4. The van der Waals surface area contributed by atoms with Crippen LogP contribution in [0, 0.1) is 10.8 Å². The van der Waals surface area contributed by atoms with E-state index in [1.807, 2.05) is 60.7 Å². The third-order valence-electron chi connectivity index (χ3n) is 4.18. The molecule has 0 saturated carbocycles. The first-order chi connectivity index (χ1) is 12.5. The Labute approximate surface area is 152 Å². The summed E-state index contributed by atoms with van der Waals surface area (Å²) in [6.45, 7) is 0. The molecule has 0 amide bonds. The van der Waals surface area contributed by atoms with Gasteiger partial charge in [0.1, 0.15) is 17.4 Å². The monoisotopic (exact) mass is 344 g/mol. The van der Waals surface area contributed by atoms with Crippen LogP contribution in [0.15, 0.2) is 66.7 Å². The Morgan fingerprint density at radius 1 is 0.692 bits per heavy atom. The quantitative estimate of drug-likeness (QED) is 0.419. The smallest absolute Gasteiger partial charge is 0.122 e. The van der Waals surface area contributed by atoms with Crippen LogP contribution in [0.1, 0.15) is 11.1 Å². The topological polar surface area (TPSA) is 109 Å². The fraction of sp³-hybridized carbons (Fsp3) is 0.0476. The molecule has 0 radical (unpaired) electrons. The molecule has 0 bridgehead atoms. The number of amidine groups is 2. The number of rotatable bonds is 5. The summed E-state index contributed by atoms with van der Waals surface area (Å²) in [5.41, 5.74) is 16.4. The second-order valence-corrected chi connectivity index (χ2v) is 5.94. The van der Waals surface area contributed by atoms with Crippen molar-refractivity contribution in [3.05, 3.63) is 77.9 Å². The number of hydrogen-bond acceptors (Lipinski definition) is 3. The molecule has 0 saturated heterocycles. The first-order valence-corrected chi connectivity index (χ1v) is 8.06. The van der Waals surface area contributed by atoms with Crippen molar-refractivity contribution in [3.63, 3.8) is 0 Å². The highest BCUT2D eigenvalue weighted by Gasteiger charge is 2.08. The molecule has 0 aliphatic carbocycles. The van der Waals surface area contributed by atoms with E-state index >= 15 is 0 Å². The summed E-state index contributed by atoms with van der Waals surface area (Å²) >= 11 is 0. The van der Waals surface area contributed by atoms with Crippen molar-refractivity contribution in [2.75, 3.05) is 7.11 Å². The van der Waals surface area contributed by atoms with Crippen LogP contribution in [0.4, 0.5) is 0 Å². The second kappa shape index (κ2) is 7.11. The number of nitrogens with one attached hydrogen (secondary N) is 2. The first-order valence-electron chi connectivity index (χ1n) is 8.06. The number of nitrogen functional groups attached to an aromatic ring is 2. The number of ether oxygens (including phenoxy) is 1. The van der Waals surface area contributed by atoms with Gasteiger partial charge < -0.3 is 16.2 Å². The third kappa shape index (κ3) is 3.57. The minimum Gasteiger partial charge on any atom is -0.497 e. The third-order valence-corrected chi connectivity index (χ3v) is 4.18. The van der Waals surface area contributed by atoms with Gasteiger partial charge in [0.05, 0.1) is 7.11 Å². The van der Waals surface area contributed by atoms with Crippen molar-refractivity contribution in [3.8, 4) is 28.0 Å². The van der Waals surface area contributed by atoms with E-state index in [0.717, 1.165) is 28.0 Å². The predicted molar refractivity (Wildman–Crippen MR) is 106 cm³/mol. The van der Waals surface area contributed by atoms with Gasteiger partial charge in [-0.15, -0.1) is 0 Å². The molecule has 0 aromatic heterocycles. The average molecular weight is 344 g/mol. The van der Waals surface area contributed by atoms with Gasteiger partial charge in [-0.25, -0.2) is 0 Å². The van der Waals surface area contributed by atoms with E-state index in [4.69, 9.17) is 27.0 Å². The largest absolute Gasteiger partial charge is 0.497 e. The SMILES string of the molecule is COc1cc(-c2ccc(C(=N)N)cc2)cc(-c2cccc(C(=N)N)c2)c1. The predicted octanol–water partition coefficient (Wildman–Crippen LogP) is 3.60. The van der Waals surface area contributed by atoms with Crippen LogP contribution >= 0.6 is 0 Å². The molecule has 0 heterocycles. The molecular formula is C21H20N4O. The Kier molecular flexibility index (Phi) is 4.71. The summed E-state index contributed by atoms with van der Waals surface area (Å²) < 4.78 is 5.46. The molecular weight excluding hydrogens is 324 g/mol. The van der Waals surface area contributed by atoms with Gasteiger partial charge in [0.2, 0.25) is 0 Å². The molecule has 0 aliphatic rings. The molecule has 3 aromatic carbocycles. The van der Waals surface area contributed by atoms with Crippen LogP contribution in [0.5, 0.6) is 5.75 Å². The standard InChI is InChI=1S/C21H20N4O/c1-26-19-11-17(13-5-7-14(8-6-13)20(22)23)10-18(12-19)15-3-2-4-16(9-15)21(24)25/h2-12H,1H3,(H3,22,23)(H3,24,25). The number of benzene rings is 3. The van der Waals surface area contributed by atoms with E-state index in [2.05, 4.69) is 6.07 Å².